The van der Waals surface area contributed by atoms with Crippen LogP contribution in [0.1, 0.15) is 56.6 Å². The molecule has 0 saturated carbocycles. The molecule has 19 heavy (non-hydrogen) atoms. The maximum atomic E-state index is 13.7. The van der Waals surface area contributed by atoms with Crippen LogP contribution in [-0.4, -0.2) is 5.11 Å². The van der Waals surface area contributed by atoms with E-state index >= 15 is 0 Å². The molecule has 106 valence electrons. The first-order valence-corrected chi connectivity index (χ1v) is 7.32. The zero-order valence-electron chi connectivity index (χ0n) is 11.5. The Morgan fingerprint density at radius 2 is 2.05 bits per heavy atom. The van der Waals surface area contributed by atoms with Gasteiger partial charge in [-0.25, -0.2) is 8.78 Å². The molecule has 0 fully saturated rings. The fourth-order valence-electron chi connectivity index (χ4n) is 3.02. The molecule has 1 unspecified atom stereocenters. The van der Waals surface area contributed by atoms with Crippen molar-refractivity contribution in [2.75, 3.05) is 0 Å². The highest BCUT2D eigenvalue weighted by Crippen LogP contribution is 2.35. The van der Waals surface area contributed by atoms with Gasteiger partial charge >= 0.3 is 0 Å². The number of hydrogen-bond acceptors (Lipinski definition) is 1. The number of benzene rings is 1. The fraction of sp³-hybridized carbons (Fsp3) is 0.625. The van der Waals surface area contributed by atoms with Crippen LogP contribution in [-0.2, 0) is 12.8 Å². The average Bonchev–Trinajstić information content (AvgIpc) is 2.41. The summed E-state index contributed by atoms with van der Waals surface area (Å²) in [6, 6.07) is 1.31. The maximum Gasteiger partial charge on any atom is 0.188 e. The summed E-state index contributed by atoms with van der Waals surface area (Å²) in [4.78, 5) is 0. The molecular formula is C16H22F2O. The standard InChI is InChI=1S/C16H22F2O/c1-2-3-4-5-6-11-7-8-13-12(9-11)10-14(17)16(19)15(13)18/h10-11,19H,2-9H2,1H3. The molecule has 0 amide bonds. The van der Waals surface area contributed by atoms with Crippen LogP contribution in [0.15, 0.2) is 6.07 Å². The molecule has 1 atom stereocenters. The topological polar surface area (TPSA) is 20.2 Å². The number of halogens is 2. The molecule has 1 N–H and O–H groups in total. The van der Waals surface area contributed by atoms with Crippen molar-refractivity contribution in [2.24, 2.45) is 5.92 Å². The van der Waals surface area contributed by atoms with Gasteiger partial charge < -0.3 is 5.11 Å². The third-order valence-corrected chi connectivity index (χ3v) is 4.16. The Hall–Kier alpha value is -1.12. The first kappa shape index (κ1) is 14.3. The van der Waals surface area contributed by atoms with Crippen LogP contribution in [0.5, 0.6) is 5.75 Å². The quantitative estimate of drug-likeness (QED) is 0.764. The molecule has 0 radical (unpaired) electrons. The van der Waals surface area contributed by atoms with E-state index in [1.807, 2.05) is 0 Å². The molecule has 1 aliphatic rings. The molecule has 0 saturated heterocycles. The lowest BCUT2D eigenvalue weighted by atomic mass is 9.81. The van der Waals surface area contributed by atoms with Crippen molar-refractivity contribution in [3.63, 3.8) is 0 Å². The second-order valence-electron chi connectivity index (χ2n) is 5.62. The van der Waals surface area contributed by atoms with Crippen molar-refractivity contribution in [1.82, 2.24) is 0 Å². The zero-order valence-corrected chi connectivity index (χ0v) is 11.5. The molecule has 0 heterocycles. The van der Waals surface area contributed by atoms with E-state index in [4.69, 9.17) is 0 Å². The number of phenols is 1. The highest BCUT2D eigenvalue weighted by Gasteiger charge is 2.24. The minimum absolute atomic E-state index is 0.517. The van der Waals surface area contributed by atoms with Crippen molar-refractivity contribution < 1.29 is 13.9 Å². The maximum absolute atomic E-state index is 13.7. The van der Waals surface area contributed by atoms with E-state index in [1.54, 1.807) is 0 Å². The molecule has 2 rings (SSSR count). The number of rotatable bonds is 5. The van der Waals surface area contributed by atoms with Crippen LogP contribution in [0.3, 0.4) is 0 Å². The van der Waals surface area contributed by atoms with E-state index in [-0.39, 0.29) is 0 Å². The largest absolute Gasteiger partial charge is 0.503 e. The summed E-state index contributed by atoms with van der Waals surface area (Å²) in [5.41, 5.74) is 1.27. The van der Waals surface area contributed by atoms with Crippen molar-refractivity contribution in [2.45, 2.75) is 58.3 Å². The first-order valence-electron chi connectivity index (χ1n) is 7.32. The van der Waals surface area contributed by atoms with Gasteiger partial charge in [0.1, 0.15) is 0 Å². The summed E-state index contributed by atoms with van der Waals surface area (Å²) < 4.78 is 27.1. The van der Waals surface area contributed by atoms with Gasteiger partial charge in [0.15, 0.2) is 17.4 Å². The summed E-state index contributed by atoms with van der Waals surface area (Å²) in [7, 11) is 0. The fourth-order valence-corrected chi connectivity index (χ4v) is 3.02. The van der Waals surface area contributed by atoms with Gasteiger partial charge in [0.2, 0.25) is 0 Å². The van der Waals surface area contributed by atoms with Crippen LogP contribution < -0.4 is 0 Å². The predicted octanol–water partition coefficient (Wildman–Crippen LogP) is 4.75. The van der Waals surface area contributed by atoms with Crippen molar-refractivity contribution >= 4 is 0 Å². The van der Waals surface area contributed by atoms with E-state index in [1.165, 1.54) is 31.7 Å². The number of fused-ring (bicyclic) bond motifs is 1. The molecule has 0 spiro atoms. The third kappa shape index (κ3) is 3.26. The molecule has 0 aromatic heterocycles. The molecule has 1 aromatic carbocycles. The van der Waals surface area contributed by atoms with E-state index in [9.17, 15) is 13.9 Å². The van der Waals surface area contributed by atoms with Crippen molar-refractivity contribution in [1.29, 1.82) is 0 Å². The Morgan fingerprint density at radius 3 is 2.79 bits per heavy atom. The summed E-state index contributed by atoms with van der Waals surface area (Å²) >= 11 is 0. The zero-order chi connectivity index (χ0) is 13.8. The average molecular weight is 268 g/mol. The normalized spacial score (nSPS) is 18.4. The Balaban J connectivity index is 2.00. The van der Waals surface area contributed by atoms with Gasteiger partial charge in [0.05, 0.1) is 0 Å². The summed E-state index contributed by atoms with van der Waals surface area (Å²) in [6.07, 6.45) is 8.40. The lowest BCUT2D eigenvalue weighted by Crippen LogP contribution is -2.16. The predicted molar refractivity (Wildman–Crippen MR) is 72.3 cm³/mol. The molecule has 1 nitrogen and oxygen atoms in total. The minimum Gasteiger partial charge on any atom is -0.503 e. The Labute approximate surface area is 113 Å². The van der Waals surface area contributed by atoms with Crippen LogP contribution in [0.4, 0.5) is 8.78 Å². The highest BCUT2D eigenvalue weighted by molar-refractivity contribution is 5.39. The van der Waals surface area contributed by atoms with Gasteiger partial charge in [0, 0.05) is 0 Å². The van der Waals surface area contributed by atoms with Crippen molar-refractivity contribution in [3.8, 4) is 5.75 Å². The van der Waals surface area contributed by atoms with E-state index < -0.39 is 17.4 Å². The number of phenolic OH excluding ortho intramolecular Hbond substituents is 1. The van der Waals surface area contributed by atoms with Gasteiger partial charge in [-0.2, -0.15) is 0 Å². The van der Waals surface area contributed by atoms with Gasteiger partial charge in [-0.1, -0.05) is 39.0 Å². The molecular weight excluding hydrogens is 246 g/mol. The van der Waals surface area contributed by atoms with Gasteiger partial charge in [-0.05, 0) is 42.4 Å². The van der Waals surface area contributed by atoms with Crippen molar-refractivity contribution in [3.05, 3.63) is 28.8 Å². The minimum atomic E-state index is -0.831. The van der Waals surface area contributed by atoms with E-state index in [2.05, 4.69) is 6.92 Å². The molecule has 0 aliphatic heterocycles. The second kappa shape index (κ2) is 6.36. The van der Waals surface area contributed by atoms with Gasteiger partial charge in [-0.15, -0.1) is 0 Å². The van der Waals surface area contributed by atoms with Crippen LogP contribution >= 0.6 is 0 Å². The third-order valence-electron chi connectivity index (χ3n) is 4.16. The summed E-state index contributed by atoms with van der Waals surface area (Å²) in [5.74, 6) is -1.87. The van der Waals surface area contributed by atoms with Crippen LogP contribution in [0.2, 0.25) is 0 Å². The van der Waals surface area contributed by atoms with Crippen LogP contribution in [0, 0.1) is 17.6 Å². The number of aromatic hydroxyl groups is 1. The number of unbranched alkanes of at least 4 members (excludes halogenated alkanes) is 3. The smallest absolute Gasteiger partial charge is 0.188 e. The summed E-state index contributed by atoms with van der Waals surface area (Å²) in [6.45, 7) is 2.19. The first-order chi connectivity index (χ1) is 9.13. The number of hydrogen-bond donors (Lipinski definition) is 1. The second-order valence-corrected chi connectivity index (χ2v) is 5.62. The lowest BCUT2D eigenvalue weighted by Gasteiger charge is -2.25. The molecule has 0 bridgehead atoms. The Kier molecular flexibility index (Phi) is 4.78. The van der Waals surface area contributed by atoms with Gasteiger partial charge in [-0.3, -0.25) is 0 Å². The van der Waals surface area contributed by atoms with E-state index in [0.29, 0.717) is 17.9 Å². The highest BCUT2D eigenvalue weighted by atomic mass is 19.1. The molecule has 3 heteroatoms. The van der Waals surface area contributed by atoms with E-state index in [0.717, 1.165) is 24.8 Å². The molecule has 1 aromatic rings. The Morgan fingerprint density at radius 1 is 1.26 bits per heavy atom. The molecule has 1 aliphatic carbocycles. The van der Waals surface area contributed by atoms with Gasteiger partial charge in [0.25, 0.3) is 0 Å². The summed E-state index contributed by atoms with van der Waals surface area (Å²) in [5, 5.41) is 9.28. The SMILES string of the molecule is CCCCCCC1CCc2c(cc(F)c(O)c2F)C1. The Bertz CT molecular complexity index is 443. The monoisotopic (exact) mass is 268 g/mol. The van der Waals surface area contributed by atoms with Crippen LogP contribution in [0.25, 0.3) is 0 Å². The lowest BCUT2D eigenvalue weighted by molar-refractivity contribution is 0.369.